The Hall–Kier alpha value is 1.12. The first kappa shape index (κ1) is 8.12. The Kier molecular flexibility index (Phi) is 4.69. The Balaban J connectivity index is 3.14. The molecule has 0 aromatic carbocycles. The molecule has 0 aliphatic heterocycles. The molecule has 0 amide bonds. The van der Waals surface area contributed by atoms with Crippen molar-refractivity contribution in [3.8, 4) is 0 Å². The van der Waals surface area contributed by atoms with Crippen LogP contribution in [0.3, 0.4) is 0 Å². The lowest BCUT2D eigenvalue weighted by molar-refractivity contribution is 3.83. The fraction of sp³-hybridized carbons (Fsp3) is 0. The summed E-state index contributed by atoms with van der Waals surface area (Å²) in [6.07, 6.45) is -0.328. The fourth-order valence-electron chi connectivity index (χ4n) is 0.128. The van der Waals surface area contributed by atoms with E-state index in [1.807, 2.05) is 0 Å². The van der Waals surface area contributed by atoms with Gasteiger partial charge in [-0.3, -0.25) is 0 Å². The monoisotopic (exact) mass is 193 g/mol. The highest BCUT2D eigenvalue weighted by atomic mass is 127. The summed E-state index contributed by atoms with van der Waals surface area (Å²) in [5.74, 6) is 0. The van der Waals surface area contributed by atoms with Crippen molar-refractivity contribution >= 4 is 63.4 Å². The highest BCUT2D eigenvalue weighted by Gasteiger charge is 2.09. The van der Waals surface area contributed by atoms with E-state index in [9.17, 15) is 0 Å². The third-order valence-corrected chi connectivity index (χ3v) is 1.80. The minimum atomic E-state index is -0.328. The molecule has 7 heteroatoms. The molecule has 0 aromatic rings. The molecule has 0 saturated heterocycles. The fourth-order valence-corrected chi connectivity index (χ4v) is 0.128. The van der Waals surface area contributed by atoms with Gasteiger partial charge in [0.2, 0.25) is 0 Å². The highest BCUT2D eigenvalue weighted by molar-refractivity contribution is 14.1. The first-order valence-electron chi connectivity index (χ1n) is 1.88. The van der Waals surface area contributed by atoms with Crippen molar-refractivity contribution in [3.05, 3.63) is 0 Å². The Morgan fingerprint density at radius 2 is 1.86 bits per heavy atom. The maximum absolute atomic E-state index is 5.21. The van der Waals surface area contributed by atoms with Crippen LogP contribution in [0.2, 0.25) is 0 Å². The van der Waals surface area contributed by atoms with Crippen LogP contribution < -0.4 is 0 Å². The van der Waals surface area contributed by atoms with Gasteiger partial charge in [0.05, 0.1) is 0 Å². The molecule has 0 atom stereocenters. The van der Waals surface area contributed by atoms with Crippen molar-refractivity contribution in [2.24, 2.45) is 0 Å². The van der Waals surface area contributed by atoms with Gasteiger partial charge in [0.15, 0.2) is 0 Å². The average Bonchev–Trinajstić information content (AvgIpc) is 1.65. The van der Waals surface area contributed by atoms with E-state index in [2.05, 4.69) is 22.4 Å². The number of rotatable bonds is 2. The summed E-state index contributed by atoms with van der Waals surface area (Å²) in [6, 6.07) is 0. The molecule has 7 heavy (non-hydrogen) atoms. The van der Waals surface area contributed by atoms with Crippen LogP contribution >= 0.6 is 22.4 Å². The molecule has 7 radical (unpaired) electrons. The molecule has 0 N–H and O–H groups in total. The maximum atomic E-state index is 5.21. The summed E-state index contributed by atoms with van der Waals surface area (Å²) in [4.78, 5) is 0. The van der Waals surface area contributed by atoms with Crippen LogP contribution in [0.5, 0.6) is 0 Å². The lowest BCUT2D eigenvalue weighted by Gasteiger charge is -2.02. The zero-order chi connectivity index (χ0) is 5.86. The van der Waals surface area contributed by atoms with Crippen LogP contribution in [0.4, 0.5) is 0 Å². The van der Waals surface area contributed by atoms with Crippen molar-refractivity contribution in [1.29, 1.82) is 0 Å². The SMILES string of the molecule is [B][B]B(I)B([B])[B]. The summed E-state index contributed by atoms with van der Waals surface area (Å²) in [5, 5.41) is 0. The van der Waals surface area contributed by atoms with Gasteiger partial charge in [-0.15, -0.1) is 0 Å². The van der Waals surface area contributed by atoms with Gasteiger partial charge in [-0.1, -0.05) is 0 Å². The molecule has 0 heterocycles. The van der Waals surface area contributed by atoms with Gasteiger partial charge in [-0.2, -0.15) is 22.4 Å². The molecular weight excluding hydrogens is 192 g/mol. The number of hydrogen-bond donors (Lipinski definition) is 0. The molecular formula is B6I. The third kappa shape index (κ3) is 3.68. The quantitative estimate of drug-likeness (QED) is 0.372. The second-order valence-corrected chi connectivity index (χ2v) is 2.65. The molecule has 0 aromatic heterocycles. The van der Waals surface area contributed by atoms with E-state index in [1.165, 1.54) is 7.06 Å². The van der Waals surface area contributed by atoms with Crippen LogP contribution in [0.15, 0.2) is 0 Å². The van der Waals surface area contributed by atoms with E-state index in [0.29, 0.717) is 0 Å². The first-order chi connectivity index (χ1) is 3.18. The maximum Gasteiger partial charge on any atom is 0.120 e. The zero-order valence-corrected chi connectivity index (χ0v) is 6.00. The first-order valence-corrected chi connectivity index (χ1v) is 3.13. The molecule has 0 bridgehead atoms. The number of hydrogen-bond acceptors (Lipinski definition) is 0. The van der Waals surface area contributed by atoms with E-state index < -0.39 is 0 Å². The molecule has 0 fully saturated rings. The van der Waals surface area contributed by atoms with Crippen molar-refractivity contribution in [1.82, 2.24) is 0 Å². The van der Waals surface area contributed by atoms with Gasteiger partial charge in [0, 0.05) is 36.7 Å². The third-order valence-electron chi connectivity index (χ3n) is 0.552. The Bertz CT molecular complexity index is 41.4. The lowest BCUT2D eigenvalue weighted by Crippen LogP contribution is -2.37. The van der Waals surface area contributed by atoms with E-state index in [1.54, 1.807) is 0 Å². The van der Waals surface area contributed by atoms with E-state index in [4.69, 9.17) is 23.2 Å². The van der Waals surface area contributed by atoms with Crippen molar-refractivity contribution in [2.45, 2.75) is 0 Å². The summed E-state index contributed by atoms with van der Waals surface area (Å²) >= 11 is 2.06. The van der Waals surface area contributed by atoms with Gasteiger partial charge in [0.1, 0.15) is 4.35 Å². The average molecular weight is 192 g/mol. The Labute approximate surface area is 63.4 Å². The van der Waals surface area contributed by atoms with Crippen LogP contribution in [0.1, 0.15) is 0 Å². The summed E-state index contributed by atoms with van der Waals surface area (Å²) in [7, 11) is 17.0. The van der Waals surface area contributed by atoms with Gasteiger partial charge in [0.25, 0.3) is 0 Å². The highest BCUT2D eigenvalue weighted by Crippen LogP contribution is 1.89. The predicted molar refractivity (Wildman–Crippen MR) is 48.5 cm³/mol. The van der Waals surface area contributed by atoms with Crippen molar-refractivity contribution < 1.29 is 0 Å². The van der Waals surface area contributed by atoms with Crippen LogP contribution in [-0.2, 0) is 0 Å². The molecule has 0 rings (SSSR count). The molecule has 0 spiro atoms. The predicted octanol–water partition coefficient (Wildman–Crippen LogP) is -1.40. The second kappa shape index (κ2) is 4.04. The zero-order valence-electron chi connectivity index (χ0n) is 3.84. The summed E-state index contributed by atoms with van der Waals surface area (Å²) in [6.45, 7) is 0. The smallest absolute Gasteiger partial charge is 0.120 e. The largest absolute Gasteiger partial charge is 0.173 e. The standard InChI is InChI=1S/B6I/c1-4-6(7)5(2)3. The minimum absolute atomic E-state index is 0.0811. The molecule has 0 saturated carbocycles. The van der Waals surface area contributed by atoms with E-state index >= 15 is 0 Å². The lowest BCUT2D eigenvalue weighted by atomic mass is 8.91. The second-order valence-electron chi connectivity index (χ2n) is 1.21. The Morgan fingerprint density at radius 3 is 1.86 bits per heavy atom. The molecule has 0 aliphatic rings. The minimum Gasteiger partial charge on any atom is -0.173 e. The van der Waals surface area contributed by atoms with Crippen LogP contribution in [0.25, 0.3) is 0 Å². The van der Waals surface area contributed by atoms with Gasteiger partial charge in [-0.05, 0) is 0 Å². The van der Waals surface area contributed by atoms with Crippen LogP contribution in [0, 0.1) is 0 Å². The molecule has 0 aliphatic carbocycles. The normalized spacial score (nSPS) is 7.57. The van der Waals surface area contributed by atoms with Gasteiger partial charge >= 0.3 is 0 Å². The number of halogens is 1. The van der Waals surface area contributed by atoms with Crippen molar-refractivity contribution in [2.75, 3.05) is 0 Å². The molecule has 0 nitrogen and oxygen atoms in total. The van der Waals surface area contributed by atoms with Gasteiger partial charge in [-0.25, -0.2) is 0 Å². The van der Waals surface area contributed by atoms with Crippen LogP contribution in [-0.4, -0.2) is 41.0 Å². The topological polar surface area (TPSA) is 0 Å². The summed E-state index contributed by atoms with van der Waals surface area (Å²) < 4.78 is 0.0811. The molecule has 0 unspecified atom stereocenters. The Morgan fingerprint density at radius 1 is 1.43 bits per heavy atom. The molecule has 25 valence electrons. The van der Waals surface area contributed by atoms with E-state index in [-0.39, 0.29) is 10.7 Å². The van der Waals surface area contributed by atoms with E-state index in [0.717, 1.165) is 0 Å². The van der Waals surface area contributed by atoms with Crippen molar-refractivity contribution in [3.63, 3.8) is 0 Å². The summed E-state index contributed by atoms with van der Waals surface area (Å²) in [5.41, 5.74) is 0. The van der Waals surface area contributed by atoms with Gasteiger partial charge < -0.3 is 0 Å².